The van der Waals surface area contributed by atoms with E-state index in [9.17, 15) is 13.2 Å². The fourth-order valence-electron chi connectivity index (χ4n) is 6.76. The van der Waals surface area contributed by atoms with Crippen molar-refractivity contribution in [2.75, 3.05) is 20.2 Å². The van der Waals surface area contributed by atoms with E-state index in [2.05, 4.69) is 25.8 Å². The standard InChI is InChI=1S/C36H43ClN6O4S/c1-36(2,3)27-12-14-29(15-13-27)48(45,46)43-21-7-10-31(43)35(44)41(28-8-5-6-9-28)22-23-42-34(26-11-16-32(47-4)30(37)24-26)39-33(40-42)25-17-19-38-20-18-25/h11-20,24,28,31H,5-10,21-23H2,1-4H3/t31-/m0/s1. The van der Waals surface area contributed by atoms with Crippen LogP contribution in [-0.4, -0.2) is 75.6 Å². The fourth-order valence-corrected chi connectivity index (χ4v) is 8.67. The van der Waals surface area contributed by atoms with Crippen molar-refractivity contribution in [2.24, 2.45) is 0 Å². The summed E-state index contributed by atoms with van der Waals surface area (Å²) in [5.74, 6) is 1.55. The molecule has 4 aromatic rings. The van der Waals surface area contributed by atoms with Crippen LogP contribution < -0.4 is 4.74 Å². The van der Waals surface area contributed by atoms with Gasteiger partial charge in [-0.3, -0.25) is 9.78 Å². The van der Waals surface area contributed by atoms with Crippen LogP contribution in [0, 0.1) is 0 Å². The maximum Gasteiger partial charge on any atom is 0.243 e. The Hall–Kier alpha value is -3.80. The van der Waals surface area contributed by atoms with Crippen LogP contribution in [0.1, 0.15) is 64.9 Å². The minimum atomic E-state index is -3.87. The van der Waals surface area contributed by atoms with Gasteiger partial charge in [0.15, 0.2) is 11.6 Å². The average molecular weight is 691 g/mol. The second-order valence-electron chi connectivity index (χ2n) is 13.6. The van der Waals surface area contributed by atoms with Gasteiger partial charge in [0.1, 0.15) is 11.8 Å². The van der Waals surface area contributed by atoms with E-state index >= 15 is 0 Å². The highest BCUT2D eigenvalue weighted by atomic mass is 35.5. The first kappa shape index (κ1) is 34.1. The van der Waals surface area contributed by atoms with Crippen LogP contribution in [0.5, 0.6) is 5.75 Å². The second kappa shape index (κ2) is 14.0. The second-order valence-corrected chi connectivity index (χ2v) is 15.9. The zero-order valence-corrected chi connectivity index (χ0v) is 29.5. The lowest BCUT2D eigenvalue weighted by Crippen LogP contribution is -2.51. The molecular formula is C36H43ClN6O4S. The molecule has 2 fully saturated rings. The highest BCUT2D eigenvalue weighted by Gasteiger charge is 2.43. The number of ether oxygens (including phenoxy) is 1. The Balaban J connectivity index is 1.29. The Morgan fingerprint density at radius 1 is 0.979 bits per heavy atom. The van der Waals surface area contributed by atoms with Gasteiger partial charge in [0.25, 0.3) is 0 Å². The third-order valence-corrected chi connectivity index (χ3v) is 11.7. The van der Waals surface area contributed by atoms with Gasteiger partial charge in [-0.1, -0.05) is 57.3 Å². The number of carbonyl (C=O) groups excluding carboxylic acids is 1. The zero-order chi connectivity index (χ0) is 34.1. The number of carbonyl (C=O) groups is 1. The molecule has 1 saturated heterocycles. The molecule has 6 rings (SSSR count). The van der Waals surface area contributed by atoms with E-state index in [4.69, 9.17) is 26.4 Å². The predicted molar refractivity (Wildman–Crippen MR) is 186 cm³/mol. The molecule has 0 radical (unpaired) electrons. The van der Waals surface area contributed by atoms with Gasteiger partial charge in [-0.2, -0.15) is 9.40 Å². The molecule has 12 heteroatoms. The fraction of sp³-hybridized carbons (Fsp3) is 0.444. The minimum Gasteiger partial charge on any atom is -0.495 e. The summed E-state index contributed by atoms with van der Waals surface area (Å²) in [5.41, 5.74) is 2.53. The lowest BCUT2D eigenvalue weighted by atomic mass is 9.87. The van der Waals surface area contributed by atoms with Gasteiger partial charge in [-0.15, -0.1) is 0 Å². The molecule has 1 amide bonds. The molecule has 2 aromatic carbocycles. The maximum atomic E-state index is 14.5. The van der Waals surface area contributed by atoms with Crippen LogP contribution in [0.3, 0.4) is 0 Å². The van der Waals surface area contributed by atoms with Gasteiger partial charge in [0, 0.05) is 42.7 Å². The van der Waals surface area contributed by atoms with Crippen molar-refractivity contribution in [3.8, 4) is 28.5 Å². The Morgan fingerprint density at radius 2 is 1.69 bits per heavy atom. The summed E-state index contributed by atoms with van der Waals surface area (Å²) >= 11 is 6.51. The quantitative estimate of drug-likeness (QED) is 0.185. The molecule has 0 unspecified atom stereocenters. The molecule has 0 N–H and O–H groups in total. The number of rotatable bonds is 10. The van der Waals surface area contributed by atoms with Crippen molar-refractivity contribution in [3.05, 3.63) is 77.6 Å². The zero-order valence-electron chi connectivity index (χ0n) is 28.0. The number of hydrogen-bond donors (Lipinski definition) is 0. The Bertz CT molecular complexity index is 1850. The number of aromatic nitrogens is 4. The van der Waals surface area contributed by atoms with Crippen LogP contribution in [0.25, 0.3) is 22.8 Å². The van der Waals surface area contributed by atoms with Crippen molar-refractivity contribution in [3.63, 3.8) is 0 Å². The molecule has 48 heavy (non-hydrogen) atoms. The van der Waals surface area contributed by atoms with Crippen molar-refractivity contribution >= 4 is 27.5 Å². The summed E-state index contributed by atoms with van der Waals surface area (Å²) in [4.78, 5) is 25.6. The first-order chi connectivity index (χ1) is 23.0. The first-order valence-corrected chi connectivity index (χ1v) is 18.4. The molecule has 1 aliphatic heterocycles. The number of halogens is 1. The molecule has 0 spiro atoms. The van der Waals surface area contributed by atoms with E-state index < -0.39 is 16.1 Å². The number of amides is 1. The van der Waals surface area contributed by atoms with E-state index in [0.29, 0.717) is 54.9 Å². The van der Waals surface area contributed by atoms with Crippen molar-refractivity contribution in [1.82, 2.24) is 29.0 Å². The molecule has 1 aliphatic carbocycles. The van der Waals surface area contributed by atoms with Gasteiger partial charge >= 0.3 is 0 Å². The summed E-state index contributed by atoms with van der Waals surface area (Å²) in [5, 5.41) is 5.31. The summed E-state index contributed by atoms with van der Waals surface area (Å²) in [6.07, 6.45) is 8.36. The van der Waals surface area contributed by atoms with Crippen LogP contribution in [0.4, 0.5) is 0 Å². The van der Waals surface area contributed by atoms with E-state index in [1.54, 1.807) is 43.8 Å². The molecule has 2 aliphatic rings. The monoisotopic (exact) mass is 690 g/mol. The van der Waals surface area contributed by atoms with Gasteiger partial charge < -0.3 is 9.64 Å². The molecule has 254 valence electrons. The molecule has 2 aromatic heterocycles. The largest absolute Gasteiger partial charge is 0.495 e. The number of benzene rings is 2. The van der Waals surface area contributed by atoms with Crippen LogP contribution in [0.15, 0.2) is 71.9 Å². The molecule has 3 heterocycles. The highest BCUT2D eigenvalue weighted by molar-refractivity contribution is 7.89. The third kappa shape index (κ3) is 6.99. The van der Waals surface area contributed by atoms with E-state index in [1.807, 2.05) is 39.9 Å². The molecule has 1 atom stereocenters. The topological polar surface area (TPSA) is 111 Å². The smallest absolute Gasteiger partial charge is 0.243 e. The number of hydrogen-bond acceptors (Lipinski definition) is 7. The average Bonchev–Trinajstić information content (AvgIpc) is 3.87. The molecular weight excluding hydrogens is 648 g/mol. The van der Waals surface area contributed by atoms with E-state index in [1.165, 1.54) is 4.31 Å². The Kier molecular flexibility index (Phi) is 9.92. The lowest BCUT2D eigenvalue weighted by Gasteiger charge is -2.34. The summed E-state index contributed by atoms with van der Waals surface area (Å²) in [7, 11) is -2.30. The van der Waals surface area contributed by atoms with Crippen molar-refractivity contribution in [2.45, 2.75) is 88.2 Å². The maximum absolute atomic E-state index is 14.5. The summed E-state index contributed by atoms with van der Waals surface area (Å²) in [6, 6.07) is 15.6. The molecule has 0 bridgehead atoms. The predicted octanol–water partition coefficient (Wildman–Crippen LogP) is 6.59. The SMILES string of the molecule is COc1ccc(-c2nc(-c3ccncc3)nn2CCN(C(=O)[C@@H]2CCCN2S(=O)(=O)c2ccc(C(C)(C)C)cc2)C2CCCC2)cc1Cl. The normalized spacial score (nSPS) is 17.6. The summed E-state index contributed by atoms with van der Waals surface area (Å²) < 4.78 is 36.5. The summed E-state index contributed by atoms with van der Waals surface area (Å²) in [6.45, 7) is 7.34. The van der Waals surface area contributed by atoms with Gasteiger partial charge in [0.05, 0.1) is 23.6 Å². The van der Waals surface area contributed by atoms with Gasteiger partial charge in [-0.05, 0) is 79.1 Å². The first-order valence-electron chi connectivity index (χ1n) is 16.6. The van der Waals surface area contributed by atoms with E-state index in [0.717, 1.165) is 42.4 Å². The number of nitrogens with zero attached hydrogens (tertiary/aromatic N) is 6. The third-order valence-electron chi connectivity index (χ3n) is 9.44. The number of sulfonamides is 1. The number of methoxy groups -OCH3 is 1. The van der Waals surface area contributed by atoms with Gasteiger partial charge in [0.2, 0.25) is 15.9 Å². The van der Waals surface area contributed by atoms with Crippen molar-refractivity contribution in [1.29, 1.82) is 0 Å². The minimum absolute atomic E-state index is 0.0378. The molecule has 1 saturated carbocycles. The lowest BCUT2D eigenvalue weighted by molar-refractivity contribution is -0.137. The Labute approximate surface area is 288 Å². The van der Waals surface area contributed by atoms with E-state index in [-0.39, 0.29) is 22.3 Å². The van der Waals surface area contributed by atoms with Gasteiger partial charge in [-0.25, -0.2) is 18.1 Å². The highest BCUT2D eigenvalue weighted by Crippen LogP contribution is 2.33. The molecule has 10 nitrogen and oxygen atoms in total. The van der Waals surface area contributed by atoms with Crippen molar-refractivity contribution < 1.29 is 17.9 Å². The Morgan fingerprint density at radius 3 is 2.33 bits per heavy atom. The number of pyridine rings is 1. The van der Waals surface area contributed by atoms with Crippen LogP contribution in [0.2, 0.25) is 5.02 Å². The van der Waals surface area contributed by atoms with Crippen LogP contribution >= 0.6 is 11.6 Å². The van der Waals surface area contributed by atoms with Crippen LogP contribution in [-0.2, 0) is 26.8 Å².